The molecule has 1 amide bonds. The van der Waals surface area contributed by atoms with Crippen LogP contribution in [0.2, 0.25) is 0 Å². The zero-order valence-corrected chi connectivity index (χ0v) is 20.4. The third-order valence-corrected chi connectivity index (χ3v) is 6.17. The second-order valence-electron chi connectivity index (χ2n) is 9.77. The quantitative estimate of drug-likeness (QED) is 0.425. The molecule has 2 aliphatic rings. The van der Waals surface area contributed by atoms with Gasteiger partial charge in [-0.2, -0.15) is 0 Å². The van der Waals surface area contributed by atoms with E-state index in [9.17, 15) is 4.79 Å². The predicted octanol–water partition coefficient (Wildman–Crippen LogP) is 6.45. The molecule has 4 rings (SSSR count). The van der Waals surface area contributed by atoms with Gasteiger partial charge in [0.2, 0.25) is 0 Å². The van der Waals surface area contributed by atoms with Gasteiger partial charge < -0.3 is 14.2 Å². The fourth-order valence-electron chi connectivity index (χ4n) is 4.25. The van der Waals surface area contributed by atoms with Crippen molar-refractivity contribution in [2.24, 2.45) is 0 Å². The van der Waals surface area contributed by atoms with Crippen LogP contribution in [0.15, 0.2) is 40.9 Å². The van der Waals surface area contributed by atoms with Gasteiger partial charge in [0.1, 0.15) is 22.8 Å². The monoisotopic (exact) mass is 487 g/mol. The molecule has 2 heterocycles. The minimum atomic E-state index is -0.673. The zero-order valence-electron chi connectivity index (χ0n) is 18.8. The number of carbonyl (C=O) groups excluding carboxylic acids is 1. The molecule has 1 saturated heterocycles. The van der Waals surface area contributed by atoms with Gasteiger partial charge in [-0.3, -0.25) is 4.90 Å². The summed E-state index contributed by atoms with van der Waals surface area (Å²) in [4.78, 5) is 14.6. The lowest BCUT2D eigenvalue weighted by Crippen LogP contribution is -2.49. The second kappa shape index (κ2) is 8.14. The zero-order chi connectivity index (χ0) is 22.4. The summed E-state index contributed by atoms with van der Waals surface area (Å²) >= 11 is 3.54. The molecule has 1 unspecified atom stereocenters. The maximum atomic E-state index is 12.8. The molecule has 5 nitrogen and oxygen atoms in total. The number of aryl methyl sites for hydroxylation is 1. The van der Waals surface area contributed by atoms with Crippen LogP contribution in [-0.4, -0.2) is 35.0 Å². The molecule has 0 bridgehead atoms. The lowest BCUT2D eigenvalue weighted by Gasteiger charge is -2.35. The molecule has 0 aliphatic carbocycles. The van der Waals surface area contributed by atoms with E-state index < -0.39 is 11.3 Å². The minimum absolute atomic E-state index is 0.0196. The lowest BCUT2D eigenvalue weighted by atomic mass is 9.96. The molecule has 0 aromatic heterocycles. The van der Waals surface area contributed by atoms with Gasteiger partial charge in [-0.05, 0) is 82.9 Å². The van der Waals surface area contributed by atoms with Crippen molar-refractivity contribution in [2.45, 2.75) is 71.2 Å². The Hall–Kier alpha value is -2.05. The van der Waals surface area contributed by atoms with E-state index in [2.05, 4.69) is 40.2 Å². The largest absolute Gasteiger partial charge is 0.457 e. The van der Waals surface area contributed by atoms with Gasteiger partial charge in [-0.25, -0.2) is 4.79 Å². The van der Waals surface area contributed by atoms with Gasteiger partial charge in [0.05, 0.1) is 12.6 Å². The van der Waals surface area contributed by atoms with Gasteiger partial charge in [-0.15, -0.1) is 0 Å². The van der Waals surface area contributed by atoms with Crippen molar-refractivity contribution in [2.75, 3.05) is 6.61 Å². The Labute approximate surface area is 192 Å². The first-order valence-corrected chi connectivity index (χ1v) is 11.6. The molecule has 2 aromatic rings. The molecule has 0 N–H and O–H groups in total. The van der Waals surface area contributed by atoms with E-state index >= 15 is 0 Å². The Kier molecular flexibility index (Phi) is 5.81. The van der Waals surface area contributed by atoms with Crippen molar-refractivity contribution in [3.63, 3.8) is 0 Å². The molecular weight excluding hydrogens is 458 g/mol. The Morgan fingerprint density at radius 2 is 1.84 bits per heavy atom. The molecule has 0 radical (unpaired) electrons. The molecule has 166 valence electrons. The Balaban J connectivity index is 1.46. The minimum Gasteiger partial charge on any atom is -0.457 e. The first-order valence-electron chi connectivity index (χ1n) is 10.8. The summed E-state index contributed by atoms with van der Waals surface area (Å²) in [5.74, 6) is 1.83. The highest BCUT2D eigenvalue weighted by atomic mass is 79.9. The molecule has 1 atom stereocenters. The molecule has 0 spiro atoms. The van der Waals surface area contributed by atoms with Crippen molar-refractivity contribution in [3.05, 3.63) is 57.6 Å². The fourth-order valence-corrected chi connectivity index (χ4v) is 4.65. The van der Waals surface area contributed by atoms with Gasteiger partial charge >= 0.3 is 6.09 Å². The van der Waals surface area contributed by atoms with Gasteiger partial charge in [0.25, 0.3) is 0 Å². The van der Waals surface area contributed by atoms with Crippen LogP contribution in [0.3, 0.4) is 0 Å². The molecular formula is C25H30BrNO4. The number of hydrogen-bond acceptors (Lipinski definition) is 4. The van der Waals surface area contributed by atoms with Crippen LogP contribution < -0.4 is 4.74 Å². The summed E-state index contributed by atoms with van der Waals surface area (Å²) in [6.45, 7) is 10.0. The molecule has 31 heavy (non-hydrogen) atoms. The average molecular weight is 488 g/mol. The van der Waals surface area contributed by atoms with E-state index in [1.807, 2.05) is 46.8 Å². The molecule has 1 fully saturated rings. The third kappa shape index (κ3) is 4.90. The summed E-state index contributed by atoms with van der Waals surface area (Å²) in [5.41, 5.74) is 2.39. The average Bonchev–Trinajstić information content (AvgIpc) is 2.97. The first-order chi connectivity index (χ1) is 14.5. The predicted molar refractivity (Wildman–Crippen MR) is 124 cm³/mol. The Morgan fingerprint density at radius 1 is 1.16 bits per heavy atom. The molecule has 0 saturated carbocycles. The highest BCUT2D eigenvalue weighted by Crippen LogP contribution is 2.38. The van der Waals surface area contributed by atoms with Crippen molar-refractivity contribution < 1.29 is 19.0 Å². The van der Waals surface area contributed by atoms with E-state index in [1.165, 1.54) is 16.7 Å². The van der Waals surface area contributed by atoms with Crippen LogP contribution in [0.5, 0.6) is 11.5 Å². The number of hydrogen-bond donors (Lipinski definition) is 0. The fraction of sp³-hybridized carbons (Fsp3) is 0.480. The van der Waals surface area contributed by atoms with Crippen LogP contribution in [-0.2, 0) is 22.3 Å². The van der Waals surface area contributed by atoms with Crippen molar-refractivity contribution >= 4 is 22.0 Å². The van der Waals surface area contributed by atoms with Crippen LogP contribution in [0.25, 0.3) is 0 Å². The van der Waals surface area contributed by atoms with E-state index in [0.717, 1.165) is 35.2 Å². The molecule has 2 aliphatic heterocycles. The summed E-state index contributed by atoms with van der Waals surface area (Å²) in [5, 5.41) is 0. The smallest absolute Gasteiger partial charge is 0.412 e. The van der Waals surface area contributed by atoms with Crippen LogP contribution in [0, 0.1) is 0 Å². The second-order valence-corrected chi connectivity index (χ2v) is 10.7. The summed E-state index contributed by atoms with van der Waals surface area (Å²) in [6.07, 6.45) is 2.19. The number of nitrogens with zero attached hydrogens (tertiary/aromatic N) is 1. The van der Waals surface area contributed by atoms with Crippen LogP contribution in [0.4, 0.5) is 4.79 Å². The summed E-state index contributed by atoms with van der Waals surface area (Å²) < 4.78 is 18.7. The first kappa shape index (κ1) is 22.2. The number of benzene rings is 2. The van der Waals surface area contributed by atoms with Crippen LogP contribution >= 0.6 is 15.9 Å². The van der Waals surface area contributed by atoms with Gasteiger partial charge in [-0.1, -0.05) is 28.1 Å². The molecule has 6 heteroatoms. The van der Waals surface area contributed by atoms with E-state index in [-0.39, 0.29) is 12.1 Å². The van der Waals surface area contributed by atoms with Gasteiger partial charge in [0.15, 0.2) is 0 Å². The molecule has 2 aromatic carbocycles. The summed E-state index contributed by atoms with van der Waals surface area (Å²) in [6, 6.07) is 12.5. The van der Waals surface area contributed by atoms with E-state index in [0.29, 0.717) is 6.61 Å². The normalized spacial score (nSPS) is 19.4. The van der Waals surface area contributed by atoms with Crippen molar-refractivity contribution in [3.8, 4) is 11.5 Å². The number of fused-ring (bicyclic) bond motifs is 2. The van der Waals surface area contributed by atoms with Crippen LogP contribution in [0.1, 0.15) is 57.7 Å². The highest BCUT2D eigenvalue weighted by molar-refractivity contribution is 9.10. The van der Waals surface area contributed by atoms with Crippen molar-refractivity contribution in [1.29, 1.82) is 0 Å². The maximum absolute atomic E-state index is 12.8. The standard InChI is InChI=1S/C25H30BrNO4/c1-24(2,3)31-23(28)27-20(15-29-25(27,4)5)9-6-16-7-10-21-17(12-16)13-18-14-19(26)8-11-22(18)30-21/h7-8,10-12,14,20H,6,9,13,15H2,1-5H3. The SMILES string of the molecule is CC(C)(C)OC(=O)N1C(CCc2ccc3c(c2)Cc2cc(Br)ccc2O3)COC1(C)C. The Bertz CT molecular complexity index is 996. The third-order valence-electron chi connectivity index (χ3n) is 5.68. The number of amides is 1. The number of rotatable bonds is 3. The van der Waals surface area contributed by atoms with Gasteiger partial charge in [0, 0.05) is 16.5 Å². The number of halogens is 1. The number of ether oxygens (including phenoxy) is 3. The topological polar surface area (TPSA) is 48.0 Å². The maximum Gasteiger partial charge on any atom is 0.412 e. The van der Waals surface area contributed by atoms with Crippen molar-refractivity contribution in [1.82, 2.24) is 4.90 Å². The van der Waals surface area contributed by atoms with E-state index in [1.54, 1.807) is 4.90 Å². The van der Waals surface area contributed by atoms with E-state index in [4.69, 9.17) is 14.2 Å². The summed E-state index contributed by atoms with van der Waals surface area (Å²) in [7, 11) is 0. The highest BCUT2D eigenvalue weighted by Gasteiger charge is 2.45. The number of carbonyl (C=O) groups is 1. The lowest BCUT2D eigenvalue weighted by molar-refractivity contribution is -0.0626. The Morgan fingerprint density at radius 3 is 2.55 bits per heavy atom.